The second-order valence-electron chi connectivity index (χ2n) is 6.07. The van der Waals surface area contributed by atoms with E-state index in [0.717, 1.165) is 18.1 Å². The smallest absolute Gasteiger partial charge is 0.314 e. The van der Waals surface area contributed by atoms with Crippen molar-refractivity contribution in [1.82, 2.24) is 20.5 Å². The lowest BCUT2D eigenvalue weighted by Gasteiger charge is -2.29. The van der Waals surface area contributed by atoms with E-state index in [4.69, 9.17) is 0 Å². The van der Waals surface area contributed by atoms with E-state index < -0.39 is 0 Å². The number of likely N-dealkylation sites (tertiary alicyclic amines) is 1. The van der Waals surface area contributed by atoms with Crippen LogP contribution in [0.5, 0.6) is 0 Å². The molecule has 0 radical (unpaired) electrons. The molecule has 0 aliphatic carbocycles. The molecular formula is C15H26N4OS. The quantitative estimate of drug-likeness (QED) is 0.876. The van der Waals surface area contributed by atoms with Crippen molar-refractivity contribution < 1.29 is 4.79 Å². The van der Waals surface area contributed by atoms with Gasteiger partial charge in [0.2, 0.25) is 0 Å². The lowest BCUT2D eigenvalue weighted by atomic mass is 9.99. The second-order valence-corrected chi connectivity index (χ2v) is 7.34. The highest BCUT2D eigenvalue weighted by Gasteiger charge is 2.18. The summed E-state index contributed by atoms with van der Waals surface area (Å²) < 4.78 is 0. The van der Waals surface area contributed by atoms with E-state index in [1.54, 1.807) is 11.3 Å². The summed E-state index contributed by atoms with van der Waals surface area (Å²) >= 11 is 1.70. The van der Waals surface area contributed by atoms with Crippen molar-refractivity contribution in [3.63, 3.8) is 0 Å². The van der Waals surface area contributed by atoms with Crippen LogP contribution in [-0.4, -0.2) is 49.1 Å². The van der Waals surface area contributed by atoms with Crippen LogP contribution in [0.25, 0.3) is 0 Å². The molecule has 5 nitrogen and oxygen atoms in total. The van der Waals surface area contributed by atoms with Crippen molar-refractivity contribution in [1.29, 1.82) is 0 Å². The van der Waals surface area contributed by atoms with Gasteiger partial charge in [-0.3, -0.25) is 0 Å². The summed E-state index contributed by atoms with van der Waals surface area (Å²) in [4.78, 5) is 19.8. The minimum Gasteiger partial charge on any atom is -0.338 e. The maximum Gasteiger partial charge on any atom is 0.314 e. The lowest BCUT2D eigenvalue weighted by Crippen LogP contribution is -2.43. The van der Waals surface area contributed by atoms with Gasteiger partial charge in [0.1, 0.15) is 0 Å². The topological polar surface area (TPSA) is 57.3 Å². The van der Waals surface area contributed by atoms with Gasteiger partial charge in [0.15, 0.2) is 0 Å². The van der Waals surface area contributed by atoms with E-state index in [1.165, 1.54) is 24.3 Å². The molecule has 1 aromatic heterocycles. The van der Waals surface area contributed by atoms with E-state index in [9.17, 15) is 4.79 Å². The van der Waals surface area contributed by atoms with Gasteiger partial charge in [-0.1, -0.05) is 6.92 Å². The van der Waals surface area contributed by atoms with Crippen LogP contribution in [0.3, 0.4) is 0 Å². The fraction of sp³-hybridized carbons (Fsp3) is 0.733. The summed E-state index contributed by atoms with van der Waals surface area (Å²) in [5.41, 5.74) is 0. The predicted molar refractivity (Wildman–Crippen MR) is 86.9 cm³/mol. The van der Waals surface area contributed by atoms with Crippen molar-refractivity contribution in [3.05, 3.63) is 16.1 Å². The maximum absolute atomic E-state index is 11.9. The Morgan fingerprint density at radius 1 is 1.57 bits per heavy atom. The minimum atomic E-state index is -0.0663. The molecule has 1 fully saturated rings. The zero-order valence-electron chi connectivity index (χ0n) is 13.2. The zero-order chi connectivity index (χ0) is 15.2. The molecule has 2 heterocycles. The normalized spacial score (nSPS) is 21.0. The Morgan fingerprint density at radius 2 is 2.38 bits per heavy atom. The number of nitrogens with one attached hydrogen (secondary N) is 2. The van der Waals surface area contributed by atoms with Crippen molar-refractivity contribution in [2.24, 2.45) is 5.92 Å². The first-order valence-corrected chi connectivity index (χ1v) is 8.49. The van der Waals surface area contributed by atoms with Crippen molar-refractivity contribution in [2.75, 3.05) is 33.2 Å². The van der Waals surface area contributed by atoms with Gasteiger partial charge >= 0.3 is 6.03 Å². The molecule has 2 amide bonds. The number of amides is 2. The summed E-state index contributed by atoms with van der Waals surface area (Å²) in [7, 11) is 2.14. The Morgan fingerprint density at radius 3 is 3.05 bits per heavy atom. The minimum absolute atomic E-state index is 0.0663. The van der Waals surface area contributed by atoms with E-state index >= 15 is 0 Å². The fourth-order valence-corrected chi connectivity index (χ4v) is 3.50. The molecule has 1 aliphatic heterocycles. The van der Waals surface area contributed by atoms with Crippen molar-refractivity contribution >= 4 is 17.4 Å². The molecule has 118 valence electrons. The van der Waals surface area contributed by atoms with Gasteiger partial charge in [-0.15, -0.1) is 11.3 Å². The van der Waals surface area contributed by atoms with Crippen LogP contribution in [0.2, 0.25) is 0 Å². The van der Waals surface area contributed by atoms with Gasteiger partial charge in [-0.2, -0.15) is 0 Å². The Labute approximate surface area is 131 Å². The Balaban J connectivity index is 1.65. The average Bonchev–Trinajstić information content (AvgIpc) is 2.89. The second kappa shape index (κ2) is 7.75. The Kier molecular flexibility index (Phi) is 5.99. The predicted octanol–water partition coefficient (Wildman–Crippen LogP) is 2.20. The van der Waals surface area contributed by atoms with Crippen LogP contribution in [0, 0.1) is 12.8 Å². The van der Waals surface area contributed by atoms with Crippen molar-refractivity contribution in [3.8, 4) is 0 Å². The van der Waals surface area contributed by atoms with Gasteiger partial charge in [0, 0.05) is 36.6 Å². The molecule has 1 aliphatic rings. The molecule has 2 N–H and O–H groups in total. The first-order valence-electron chi connectivity index (χ1n) is 7.67. The van der Waals surface area contributed by atoms with Crippen LogP contribution in [0.15, 0.2) is 6.20 Å². The number of nitrogens with zero attached hydrogens (tertiary/aromatic N) is 2. The van der Waals surface area contributed by atoms with Crippen molar-refractivity contribution in [2.45, 2.75) is 32.6 Å². The summed E-state index contributed by atoms with van der Waals surface area (Å²) in [6.07, 6.45) is 4.32. The Hall–Kier alpha value is -1.14. The highest BCUT2D eigenvalue weighted by atomic mass is 32.1. The average molecular weight is 310 g/mol. The summed E-state index contributed by atoms with van der Waals surface area (Å²) in [5, 5.41) is 7.02. The van der Waals surface area contributed by atoms with Crippen LogP contribution in [0.4, 0.5) is 4.79 Å². The van der Waals surface area contributed by atoms with E-state index in [0.29, 0.717) is 12.5 Å². The molecule has 2 rings (SSSR count). The number of hydrogen-bond acceptors (Lipinski definition) is 4. The molecule has 2 atom stereocenters. The highest BCUT2D eigenvalue weighted by Crippen LogP contribution is 2.20. The highest BCUT2D eigenvalue weighted by molar-refractivity contribution is 7.11. The summed E-state index contributed by atoms with van der Waals surface area (Å²) in [6.45, 7) is 7.79. The molecule has 0 saturated carbocycles. The molecule has 0 unspecified atom stereocenters. The molecule has 0 bridgehead atoms. The number of aryl methyl sites for hydroxylation is 1. The molecule has 21 heavy (non-hydrogen) atoms. The molecule has 0 aromatic carbocycles. The van der Waals surface area contributed by atoms with Crippen LogP contribution < -0.4 is 10.6 Å². The number of piperidine rings is 1. The maximum atomic E-state index is 11.9. The van der Waals surface area contributed by atoms with Gasteiger partial charge in [-0.05, 0) is 39.3 Å². The fourth-order valence-electron chi connectivity index (χ4n) is 2.67. The monoisotopic (exact) mass is 310 g/mol. The van der Waals surface area contributed by atoms with E-state index in [2.05, 4.69) is 41.4 Å². The number of thiazole rings is 1. The Bertz CT molecular complexity index is 462. The number of urea groups is 1. The van der Waals surface area contributed by atoms with Gasteiger partial charge in [0.25, 0.3) is 0 Å². The zero-order valence-corrected chi connectivity index (χ0v) is 14.0. The summed E-state index contributed by atoms with van der Waals surface area (Å²) in [6, 6.07) is -0.0663. The summed E-state index contributed by atoms with van der Waals surface area (Å²) in [5.74, 6) is 0.837. The van der Waals surface area contributed by atoms with Crippen LogP contribution >= 0.6 is 11.3 Å². The molecular weight excluding hydrogens is 284 g/mol. The molecule has 6 heteroatoms. The van der Waals surface area contributed by atoms with Crippen LogP contribution in [-0.2, 0) is 0 Å². The van der Waals surface area contributed by atoms with E-state index in [1.807, 2.05) is 6.20 Å². The SMILES string of the molecule is Cc1cnc([C@H](C)CNC(=O)NC[C@H]2CCCN(C)C2)s1. The van der Waals surface area contributed by atoms with Gasteiger partial charge in [-0.25, -0.2) is 9.78 Å². The molecule has 1 aromatic rings. The third-order valence-electron chi connectivity index (χ3n) is 3.90. The van der Waals surface area contributed by atoms with Gasteiger partial charge in [0.05, 0.1) is 5.01 Å². The third-order valence-corrected chi connectivity index (χ3v) is 5.05. The first kappa shape index (κ1) is 16.2. The van der Waals surface area contributed by atoms with Gasteiger partial charge < -0.3 is 15.5 Å². The lowest BCUT2D eigenvalue weighted by molar-refractivity contribution is 0.202. The standard InChI is InChI=1S/C15H26N4OS/c1-11(14-16-8-12(2)21-14)7-17-15(20)18-9-13-5-4-6-19(3)10-13/h8,11,13H,4-7,9-10H2,1-3H3,(H2,17,18,20)/t11-,13-/m1/s1. The first-order chi connectivity index (χ1) is 10.0. The third kappa shape index (κ3) is 5.28. The number of carbonyl (C=O) groups is 1. The number of carbonyl (C=O) groups excluding carboxylic acids is 1. The molecule has 0 spiro atoms. The number of aromatic nitrogens is 1. The van der Waals surface area contributed by atoms with E-state index in [-0.39, 0.29) is 11.9 Å². The largest absolute Gasteiger partial charge is 0.338 e. The number of hydrogen-bond donors (Lipinski definition) is 2. The van der Waals surface area contributed by atoms with Crippen LogP contribution in [0.1, 0.15) is 35.6 Å². The number of rotatable bonds is 5. The molecule has 1 saturated heterocycles.